The van der Waals surface area contributed by atoms with Crippen molar-refractivity contribution in [1.82, 2.24) is 5.32 Å². The van der Waals surface area contributed by atoms with Gasteiger partial charge in [0, 0.05) is 18.8 Å². The molecule has 0 amide bonds. The summed E-state index contributed by atoms with van der Waals surface area (Å²) in [4.78, 5) is 2.22. The van der Waals surface area contributed by atoms with E-state index in [4.69, 9.17) is 12.2 Å². The van der Waals surface area contributed by atoms with Gasteiger partial charge in [0.25, 0.3) is 0 Å². The van der Waals surface area contributed by atoms with Crippen molar-refractivity contribution in [3.8, 4) is 0 Å². The quantitative estimate of drug-likeness (QED) is 0.849. The first-order valence-corrected chi connectivity index (χ1v) is 7.42. The smallest absolute Gasteiger partial charge is 0.173 e. The van der Waals surface area contributed by atoms with Crippen LogP contribution >= 0.6 is 12.2 Å². The van der Waals surface area contributed by atoms with Gasteiger partial charge in [-0.3, -0.25) is 0 Å². The van der Waals surface area contributed by atoms with Crippen LogP contribution in [0.5, 0.6) is 0 Å². The molecular weight excluding hydrogens is 264 g/mol. The highest BCUT2D eigenvalue weighted by atomic mass is 32.1. The lowest BCUT2D eigenvalue weighted by molar-refractivity contribution is 0.763. The van der Waals surface area contributed by atoms with Crippen LogP contribution in [0.3, 0.4) is 0 Å². The summed E-state index contributed by atoms with van der Waals surface area (Å²) in [5.41, 5.74) is 3.90. The lowest BCUT2D eigenvalue weighted by Crippen LogP contribution is -2.42. The van der Waals surface area contributed by atoms with Gasteiger partial charge in [-0.25, -0.2) is 0 Å². The molecule has 0 atom stereocenters. The Kier molecular flexibility index (Phi) is 3.97. The third-order valence-electron chi connectivity index (χ3n) is 3.64. The van der Waals surface area contributed by atoms with E-state index in [0.29, 0.717) is 0 Å². The Morgan fingerprint density at radius 3 is 2.65 bits per heavy atom. The molecular formula is C17H18N2S. The molecule has 0 spiro atoms. The number of nitrogens with zero attached hydrogens (tertiary/aromatic N) is 1. The van der Waals surface area contributed by atoms with Crippen LogP contribution in [0.25, 0.3) is 0 Å². The molecule has 2 aromatic carbocycles. The van der Waals surface area contributed by atoms with E-state index in [0.717, 1.165) is 31.0 Å². The van der Waals surface area contributed by atoms with Gasteiger partial charge in [0.1, 0.15) is 0 Å². The fourth-order valence-corrected chi connectivity index (χ4v) is 2.88. The Morgan fingerprint density at radius 1 is 1.05 bits per heavy atom. The fourth-order valence-electron chi connectivity index (χ4n) is 2.61. The zero-order valence-electron chi connectivity index (χ0n) is 11.4. The van der Waals surface area contributed by atoms with E-state index in [9.17, 15) is 0 Å². The average Bonchev–Trinajstić information content (AvgIpc) is 2.53. The molecule has 3 heteroatoms. The Bertz CT molecular complexity index is 595. The van der Waals surface area contributed by atoms with Gasteiger partial charge < -0.3 is 10.2 Å². The van der Waals surface area contributed by atoms with Gasteiger partial charge in [-0.15, -0.1) is 0 Å². The van der Waals surface area contributed by atoms with Gasteiger partial charge >= 0.3 is 0 Å². The van der Waals surface area contributed by atoms with Gasteiger partial charge in [0.2, 0.25) is 0 Å². The number of aryl methyl sites for hydroxylation is 1. The molecule has 2 aromatic rings. The second kappa shape index (κ2) is 6.06. The number of benzene rings is 2. The van der Waals surface area contributed by atoms with E-state index in [2.05, 4.69) is 58.7 Å². The minimum absolute atomic E-state index is 0.776. The maximum atomic E-state index is 5.56. The maximum Gasteiger partial charge on any atom is 0.173 e. The topological polar surface area (TPSA) is 15.3 Å². The van der Waals surface area contributed by atoms with Crippen molar-refractivity contribution >= 4 is 23.0 Å². The summed E-state index contributed by atoms with van der Waals surface area (Å²) in [7, 11) is 0. The van der Waals surface area contributed by atoms with E-state index >= 15 is 0 Å². The summed E-state index contributed by atoms with van der Waals surface area (Å²) in [6, 6.07) is 18.9. The Hall–Kier alpha value is -1.87. The molecule has 3 rings (SSSR count). The predicted molar refractivity (Wildman–Crippen MR) is 88.0 cm³/mol. The first-order valence-electron chi connectivity index (χ1n) is 7.02. The molecule has 1 aliphatic heterocycles. The number of fused-ring (bicyclic) bond motifs is 1. The highest BCUT2D eigenvalue weighted by Gasteiger charge is 2.19. The molecule has 0 saturated heterocycles. The predicted octanol–water partition coefficient (Wildman–Crippen LogP) is 3.51. The van der Waals surface area contributed by atoms with Crippen LogP contribution in [0.2, 0.25) is 0 Å². The lowest BCUT2D eigenvalue weighted by atomic mass is 10.0. The average molecular weight is 282 g/mol. The molecule has 0 bridgehead atoms. The molecule has 1 N–H and O–H groups in total. The Morgan fingerprint density at radius 2 is 1.80 bits per heavy atom. The van der Waals surface area contributed by atoms with Crippen molar-refractivity contribution in [3.63, 3.8) is 0 Å². The second-order valence-corrected chi connectivity index (χ2v) is 5.41. The number of hydrogen-bond donors (Lipinski definition) is 1. The third-order valence-corrected chi connectivity index (χ3v) is 4.01. The molecule has 0 saturated carbocycles. The van der Waals surface area contributed by atoms with Crippen molar-refractivity contribution in [2.24, 2.45) is 0 Å². The zero-order valence-corrected chi connectivity index (χ0v) is 12.2. The standard InChI is InChI=1S/C17H18N2S/c20-17(18-13-14-7-2-1-3-8-14)19-12-6-10-15-9-4-5-11-16(15)19/h1-5,7-9,11H,6,10,12-13H2,(H,18,20). The number of thiocarbonyl (C=S) groups is 1. The molecule has 1 aliphatic rings. The summed E-state index contributed by atoms with van der Waals surface area (Å²) in [5, 5.41) is 4.19. The number of para-hydroxylation sites is 1. The summed E-state index contributed by atoms with van der Waals surface area (Å²) in [6.45, 7) is 1.77. The minimum Gasteiger partial charge on any atom is -0.358 e. The largest absolute Gasteiger partial charge is 0.358 e. The first kappa shape index (κ1) is 13.1. The van der Waals surface area contributed by atoms with Crippen LogP contribution in [-0.4, -0.2) is 11.7 Å². The molecule has 0 aromatic heterocycles. The van der Waals surface area contributed by atoms with Crippen LogP contribution in [0.15, 0.2) is 54.6 Å². The summed E-state index contributed by atoms with van der Waals surface area (Å²) in [5.74, 6) is 0. The van der Waals surface area contributed by atoms with Gasteiger partial charge in [0.15, 0.2) is 5.11 Å². The molecule has 20 heavy (non-hydrogen) atoms. The van der Waals surface area contributed by atoms with Gasteiger partial charge in [-0.05, 0) is 42.3 Å². The van der Waals surface area contributed by atoms with Crippen molar-refractivity contribution < 1.29 is 0 Å². The number of anilines is 1. The zero-order chi connectivity index (χ0) is 13.8. The Balaban J connectivity index is 1.69. The molecule has 0 fully saturated rings. The summed E-state index contributed by atoms with van der Waals surface area (Å²) >= 11 is 5.56. The van der Waals surface area contributed by atoms with Gasteiger partial charge in [-0.1, -0.05) is 48.5 Å². The summed E-state index contributed by atoms with van der Waals surface area (Å²) < 4.78 is 0. The lowest BCUT2D eigenvalue weighted by Gasteiger charge is -2.31. The normalized spacial score (nSPS) is 13.7. The second-order valence-electron chi connectivity index (χ2n) is 5.03. The van der Waals surface area contributed by atoms with Crippen molar-refractivity contribution in [2.75, 3.05) is 11.4 Å². The fraction of sp³-hybridized carbons (Fsp3) is 0.235. The number of hydrogen-bond acceptors (Lipinski definition) is 1. The molecule has 102 valence electrons. The highest BCUT2D eigenvalue weighted by Crippen LogP contribution is 2.26. The number of rotatable bonds is 2. The summed E-state index contributed by atoms with van der Waals surface area (Å²) in [6.07, 6.45) is 2.30. The van der Waals surface area contributed by atoms with Crippen LogP contribution in [-0.2, 0) is 13.0 Å². The Labute approximate surface area is 125 Å². The van der Waals surface area contributed by atoms with E-state index in [1.807, 2.05) is 6.07 Å². The van der Waals surface area contributed by atoms with Crippen molar-refractivity contribution in [2.45, 2.75) is 19.4 Å². The van der Waals surface area contributed by atoms with Gasteiger partial charge in [-0.2, -0.15) is 0 Å². The molecule has 0 radical (unpaired) electrons. The maximum absolute atomic E-state index is 5.56. The number of nitrogens with one attached hydrogen (secondary N) is 1. The van der Waals surface area contributed by atoms with Crippen LogP contribution < -0.4 is 10.2 Å². The monoisotopic (exact) mass is 282 g/mol. The van der Waals surface area contributed by atoms with E-state index < -0.39 is 0 Å². The van der Waals surface area contributed by atoms with Gasteiger partial charge in [0.05, 0.1) is 0 Å². The van der Waals surface area contributed by atoms with Crippen molar-refractivity contribution in [3.05, 3.63) is 65.7 Å². The van der Waals surface area contributed by atoms with Crippen LogP contribution in [0.1, 0.15) is 17.5 Å². The molecule has 0 aliphatic carbocycles. The molecule has 2 nitrogen and oxygen atoms in total. The minimum atomic E-state index is 0.776. The van der Waals surface area contributed by atoms with E-state index in [-0.39, 0.29) is 0 Å². The molecule has 0 unspecified atom stereocenters. The van der Waals surface area contributed by atoms with E-state index in [1.54, 1.807) is 0 Å². The van der Waals surface area contributed by atoms with Crippen LogP contribution in [0, 0.1) is 0 Å². The molecule has 1 heterocycles. The third kappa shape index (κ3) is 2.83. The van der Waals surface area contributed by atoms with Crippen LogP contribution in [0.4, 0.5) is 5.69 Å². The SMILES string of the molecule is S=C(NCc1ccccc1)N1CCCc2ccccc21. The van der Waals surface area contributed by atoms with Crippen molar-refractivity contribution in [1.29, 1.82) is 0 Å². The first-order chi connectivity index (χ1) is 9.84. The van der Waals surface area contributed by atoms with E-state index in [1.165, 1.54) is 16.8 Å². The highest BCUT2D eigenvalue weighted by molar-refractivity contribution is 7.80.